The average molecular weight is 168 g/mol. The van der Waals surface area contributed by atoms with Gasteiger partial charge in [-0.1, -0.05) is 0 Å². The summed E-state index contributed by atoms with van der Waals surface area (Å²) in [6, 6.07) is 3.47. The SMILES string of the molecule is O=Cc1c(F)c#cc(F)c1C=O. The quantitative estimate of drug-likeness (QED) is 0.621. The van der Waals surface area contributed by atoms with Crippen molar-refractivity contribution in [1.29, 1.82) is 0 Å². The fourth-order valence-corrected chi connectivity index (χ4v) is 0.711. The molecule has 0 aliphatic rings. The third-order valence-electron chi connectivity index (χ3n) is 1.28. The molecule has 0 N–H and O–H groups in total. The molecule has 1 aromatic carbocycles. The summed E-state index contributed by atoms with van der Waals surface area (Å²) in [5, 5.41) is 0. The second kappa shape index (κ2) is 3.09. The van der Waals surface area contributed by atoms with Crippen LogP contribution in [-0.2, 0) is 0 Å². The van der Waals surface area contributed by atoms with Crippen molar-refractivity contribution in [2.24, 2.45) is 0 Å². The van der Waals surface area contributed by atoms with Crippen LogP contribution in [0.4, 0.5) is 8.78 Å². The molecule has 1 rings (SSSR count). The van der Waals surface area contributed by atoms with Gasteiger partial charge in [-0.3, -0.25) is 9.59 Å². The molecule has 0 saturated heterocycles. The van der Waals surface area contributed by atoms with Gasteiger partial charge in [0, 0.05) is 0 Å². The van der Waals surface area contributed by atoms with E-state index in [4.69, 9.17) is 0 Å². The van der Waals surface area contributed by atoms with Crippen LogP contribution in [0, 0.1) is 23.8 Å². The minimum absolute atomic E-state index is 0.0620. The first-order chi connectivity index (χ1) is 5.70. The van der Waals surface area contributed by atoms with E-state index < -0.39 is 22.8 Å². The monoisotopic (exact) mass is 168 g/mol. The second-order valence-electron chi connectivity index (χ2n) is 1.94. The summed E-state index contributed by atoms with van der Waals surface area (Å²) < 4.78 is 25.1. The molecule has 0 aromatic heterocycles. The summed E-state index contributed by atoms with van der Waals surface area (Å²) in [6.45, 7) is 0. The van der Waals surface area contributed by atoms with Crippen molar-refractivity contribution in [3.05, 3.63) is 34.9 Å². The van der Waals surface area contributed by atoms with Crippen molar-refractivity contribution < 1.29 is 18.4 Å². The zero-order valence-corrected chi connectivity index (χ0v) is 5.73. The van der Waals surface area contributed by atoms with E-state index >= 15 is 0 Å². The number of halogens is 2. The number of hydrogen-bond acceptors (Lipinski definition) is 2. The molecular weight excluding hydrogens is 166 g/mol. The minimum atomic E-state index is -1.08. The number of carbonyl (C=O) groups is 2. The van der Waals surface area contributed by atoms with E-state index in [1.165, 1.54) is 0 Å². The van der Waals surface area contributed by atoms with Crippen molar-refractivity contribution in [3.8, 4) is 0 Å². The van der Waals surface area contributed by atoms with Gasteiger partial charge < -0.3 is 0 Å². The Morgan fingerprint density at radius 2 is 1.25 bits per heavy atom. The maximum absolute atomic E-state index is 12.6. The molecule has 1 aromatic rings. The zero-order chi connectivity index (χ0) is 9.14. The lowest BCUT2D eigenvalue weighted by Crippen LogP contribution is -1.97. The summed E-state index contributed by atoms with van der Waals surface area (Å²) in [6.07, 6.45) is 0.124. The van der Waals surface area contributed by atoms with Crippen LogP contribution in [-0.4, -0.2) is 12.6 Å². The summed E-state index contributed by atoms with van der Waals surface area (Å²) in [5.74, 6) is -2.15. The topological polar surface area (TPSA) is 34.1 Å². The van der Waals surface area contributed by atoms with Crippen molar-refractivity contribution in [2.75, 3.05) is 0 Å². The van der Waals surface area contributed by atoms with Gasteiger partial charge in [-0.25, -0.2) is 0 Å². The lowest BCUT2D eigenvalue weighted by Gasteiger charge is -1.94. The zero-order valence-electron chi connectivity index (χ0n) is 5.73. The average Bonchev–Trinajstić information content (AvgIpc) is 2.08. The maximum atomic E-state index is 12.6. The van der Waals surface area contributed by atoms with Gasteiger partial charge in [-0.15, -0.1) is 0 Å². The van der Waals surface area contributed by atoms with E-state index in [1.807, 2.05) is 0 Å². The van der Waals surface area contributed by atoms with Crippen LogP contribution in [0.25, 0.3) is 0 Å². The van der Waals surface area contributed by atoms with Gasteiger partial charge in [0.15, 0.2) is 24.2 Å². The van der Waals surface area contributed by atoms with Crippen LogP contribution in [0.5, 0.6) is 0 Å². The van der Waals surface area contributed by atoms with Gasteiger partial charge in [-0.2, -0.15) is 8.78 Å². The van der Waals surface area contributed by atoms with Crippen LogP contribution in [0.2, 0.25) is 0 Å². The Balaban J connectivity index is 3.48. The molecule has 0 amide bonds. The number of rotatable bonds is 2. The number of aldehydes is 2. The molecule has 0 spiro atoms. The number of carbonyl (C=O) groups excluding carboxylic acids is 2. The molecular formula is C8H2F2O2. The molecule has 0 saturated carbocycles. The van der Waals surface area contributed by atoms with Gasteiger partial charge in [-0.05, 0) is 12.1 Å². The first-order valence-corrected chi connectivity index (χ1v) is 2.93. The molecule has 0 atom stereocenters. The summed E-state index contributed by atoms with van der Waals surface area (Å²) in [4.78, 5) is 20.3. The third kappa shape index (κ3) is 1.17. The summed E-state index contributed by atoms with van der Waals surface area (Å²) in [7, 11) is 0. The van der Waals surface area contributed by atoms with Crippen molar-refractivity contribution in [2.45, 2.75) is 0 Å². The molecule has 0 bridgehead atoms. The normalized spacial score (nSPS) is 8.83. The standard InChI is InChI=1S/C8H2F2O2/c9-7-1-2-8(10)6(4-12)5(7)3-11/h3-4H. The van der Waals surface area contributed by atoms with E-state index in [-0.39, 0.29) is 12.6 Å². The van der Waals surface area contributed by atoms with Crippen LogP contribution in [0.1, 0.15) is 20.7 Å². The summed E-state index contributed by atoms with van der Waals surface area (Å²) >= 11 is 0. The molecule has 60 valence electrons. The Labute approximate surface area is 66.8 Å². The lowest BCUT2D eigenvalue weighted by atomic mass is 10.1. The van der Waals surface area contributed by atoms with Crippen molar-refractivity contribution in [3.63, 3.8) is 0 Å². The molecule has 12 heavy (non-hydrogen) atoms. The summed E-state index contributed by atoms with van der Waals surface area (Å²) in [5.41, 5.74) is -1.25. The molecule has 2 nitrogen and oxygen atoms in total. The molecule has 0 radical (unpaired) electrons. The van der Waals surface area contributed by atoms with Crippen LogP contribution < -0.4 is 0 Å². The first-order valence-electron chi connectivity index (χ1n) is 2.93. The van der Waals surface area contributed by atoms with Gasteiger partial charge in [0.1, 0.15) is 0 Å². The fraction of sp³-hybridized carbons (Fsp3) is 0. The predicted octanol–water partition coefficient (Wildman–Crippen LogP) is 1.19. The van der Waals surface area contributed by atoms with E-state index in [9.17, 15) is 18.4 Å². The van der Waals surface area contributed by atoms with E-state index in [1.54, 1.807) is 12.1 Å². The van der Waals surface area contributed by atoms with E-state index in [0.717, 1.165) is 0 Å². The van der Waals surface area contributed by atoms with Crippen LogP contribution in [0.3, 0.4) is 0 Å². The van der Waals surface area contributed by atoms with Gasteiger partial charge in [0.25, 0.3) is 0 Å². The third-order valence-corrected chi connectivity index (χ3v) is 1.28. The highest BCUT2D eigenvalue weighted by Crippen LogP contribution is 2.09. The fourth-order valence-electron chi connectivity index (χ4n) is 0.711. The Hall–Kier alpha value is -1.76. The first kappa shape index (κ1) is 8.34. The molecule has 0 aliphatic heterocycles. The van der Waals surface area contributed by atoms with Gasteiger partial charge >= 0.3 is 0 Å². The van der Waals surface area contributed by atoms with E-state index in [2.05, 4.69) is 0 Å². The van der Waals surface area contributed by atoms with Crippen LogP contribution in [0.15, 0.2) is 0 Å². The highest BCUT2D eigenvalue weighted by Gasteiger charge is 2.11. The van der Waals surface area contributed by atoms with Crippen molar-refractivity contribution >= 4 is 12.6 Å². The van der Waals surface area contributed by atoms with Gasteiger partial charge in [0.05, 0.1) is 11.1 Å². The van der Waals surface area contributed by atoms with Crippen LogP contribution >= 0.6 is 0 Å². The Morgan fingerprint density at radius 3 is 1.50 bits per heavy atom. The smallest absolute Gasteiger partial charge is 0.184 e. The van der Waals surface area contributed by atoms with Gasteiger partial charge in [0.2, 0.25) is 0 Å². The molecule has 0 aliphatic carbocycles. The van der Waals surface area contributed by atoms with Crippen molar-refractivity contribution in [1.82, 2.24) is 0 Å². The van der Waals surface area contributed by atoms with E-state index in [0.29, 0.717) is 0 Å². The Kier molecular flexibility index (Phi) is 2.15. The maximum Gasteiger partial charge on any atom is 0.184 e. The Morgan fingerprint density at radius 1 is 0.917 bits per heavy atom. The lowest BCUT2D eigenvalue weighted by molar-refractivity contribution is 0.108. The highest BCUT2D eigenvalue weighted by atomic mass is 19.1. The second-order valence-corrected chi connectivity index (χ2v) is 1.94. The number of hydrogen-bond donors (Lipinski definition) is 0. The minimum Gasteiger partial charge on any atom is -0.298 e. The predicted molar refractivity (Wildman–Crippen MR) is 34.8 cm³/mol. The molecule has 4 heteroatoms. The highest BCUT2D eigenvalue weighted by molar-refractivity contribution is 5.90. The molecule has 0 fully saturated rings. The largest absolute Gasteiger partial charge is 0.298 e. The molecule has 0 heterocycles. The Bertz CT molecular complexity index is 301. The molecule has 0 unspecified atom stereocenters.